The first kappa shape index (κ1) is 20.7. The number of rotatable bonds is 10. The third-order valence-electron chi connectivity index (χ3n) is 4.79. The Balaban J connectivity index is 5.29. The van der Waals surface area contributed by atoms with Crippen molar-refractivity contribution in [2.45, 2.75) is 70.1 Å². The van der Waals surface area contributed by atoms with E-state index in [4.69, 9.17) is 9.47 Å². The number of carbonyl (C=O) groups is 2. The van der Waals surface area contributed by atoms with Gasteiger partial charge < -0.3 is 0 Å². The van der Waals surface area contributed by atoms with E-state index in [1.807, 2.05) is 0 Å². The van der Waals surface area contributed by atoms with E-state index >= 15 is 0 Å². The molecule has 0 saturated carbocycles. The van der Waals surface area contributed by atoms with Gasteiger partial charge in [0.1, 0.15) is 0 Å². The quantitative estimate of drug-likeness (QED) is 0.403. The molecule has 0 rings (SSSR count). The Kier molecular flexibility index (Phi) is 10.3. The molecule has 2 unspecified atom stereocenters. The van der Waals surface area contributed by atoms with Gasteiger partial charge in [0.05, 0.1) is 0 Å². The number of hydrogen-bond acceptors (Lipinski definition) is 4. The zero-order chi connectivity index (χ0) is 16.5. The standard InChI is InChI=1S/2C5H9O2.2C3H7.Sn/c2*1-3-4-5(6)7-2;2*1-3-2;/h2*3H,4H2,1-2H3;2*1,3H2,2H3;. The van der Waals surface area contributed by atoms with E-state index in [9.17, 15) is 9.59 Å². The molecule has 5 heteroatoms. The summed E-state index contributed by atoms with van der Waals surface area (Å²) < 4.78 is 12.9. The van der Waals surface area contributed by atoms with Crippen molar-refractivity contribution in [2.24, 2.45) is 0 Å². The van der Waals surface area contributed by atoms with Crippen molar-refractivity contribution in [1.82, 2.24) is 0 Å². The summed E-state index contributed by atoms with van der Waals surface area (Å²) in [6, 6.07) is 0. The summed E-state index contributed by atoms with van der Waals surface area (Å²) in [7, 11) is 2.90. The Morgan fingerprint density at radius 3 is 1.43 bits per heavy atom. The van der Waals surface area contributed by atoms with Crippen molar-refractivity contribution in [1.29, 1.82) is 0 Å². The molecule has 4 nitrogen and oxygen atoms in total. The summed E-state index contributed by atoms with van der Waals surface area (Å²) >= 11 is -2.65. The van der Waals surface area contributed by atoms with Crippen LogP contribution in [0.4, 0.5) is 0 Å². The van der Waals surface area contributed by atoms with E-state index < -0.39 is 18.4 Å². The van der Waals surface area contributed by atoms with Gasteiger partial charge in [-0.25, -0.2) is 0 Å². The SMILES string of the molecule is CC[CH2][Sn]([CH2]CC)([CH](C)CC(=O)OC)[CH](C)CC(=O)OC. The van der Waals surface area contributed by atoms with Gasteiger partial charge in [0.15, 0.2) is 0 Å². The molecule has 0 heterocycles. The third kappa shape index (κ3) is 6.17. The van der Waals surface area contributed by atoms with Crippen molar-refractivity contribution in [3.8, 4) is 0 Å². The second-order valence-corrected chi connectivity index (χ2v) is 21.6. The Bertz CT molecular complexity index is 298. The van der Waals surface area contributed by atoms with Crippen LogP contribution in [0.25, 0.3) is 0 Å². The molecule has 0 aliphatic carbocycles. The minimum absolute atomic E-state index is 0.124. The average molecular weight is 407 g/mol. The van der Waals surface area contributed by atoms with Crippen LogP contribution in [0, 0.1) is 0 Å². The van der Waals surface area contributed by atoms with Crippen molar-refractivity contribution in [3.05, 3.63) is 0 Å². The van der Waals surface area contributed by atoms with Gasteiger partial charge in [-0.1, -0.05) is 0 Å². The van der Waals surface area contributed by atoms with Crippen LogP contribution in [0.3, 0.4) is 0 Å². The number of ether oxygens (including phenoxy) is 2. The van der Waals surface area contributed by atoms with Crippen LogP contribution in [-0.4, -0.2) is 44.5 Å². The molecule has 0 saturated heterocycles. The summed E-state index contributed by atoms with van der Waals surface area (Å²) in [6.07, 6.45) is 3.26. The van der Waals surface area contributed by atoms with Crippen LogP contribution in [0.5, 0.6) is 0 Å². The molecule has 0 spiro atoms. The van der Waals surface area contributed by atoms with E-state index in [0.717, 1.165) is 12.8 Å². The first-order valence-corrected chi connectivity index (χ1v) is 15.3. The fourth-order valence-electron chi connectivity index (χ4n) is 3.60. The maximum absolute atomic E-state index is 11.7. The van der Waals surface area contributed by atoms with E-state index in [2.05, 4.69) is 27.7 Å². The van der Waals surface area contributed by atoms with Gasteiger partial charge in [0.25, 0.3) is 0 Å². The second kappa shape index (κ2) is 10.5. The average Bonchev–Trinajstić information content (AvgIpc) is 2.46. The molecule has 124 valence electrons. The predicted octanol–water partition coefficient (Wildman–Crippen LogP) is 4.16. The van der Waals surface area contributed by atoms with E-state index in [1.54, 1.807) is 0 Å². The summed E-state index contributed by atoms with van der Waals surface area (Å²) in [5.74, 6) is -0.248. The third-order valence-corrected chi connectivity index (χ3v) is 25.3. The van der Waals surface area contributed by atoms with Crippen molar-refractivity contribution < 1.29 is 19.1 Å². The molecule has 0 radical (unpaired) electrons. The molecule has 0 aliphatic heterocycles. The van der Waals surface area contributed by atoms with Gasteiger partial charge in [-0.05, 0) is 0 Å². The molecule has 2 atom stereocenters. The number of esters is 2. The molecule has 21 heavy (non-hydrogen) atoms. The summed E-state index contributed by atoms with van der Waals surface area (Å²) in [6.45, 7) is 8.81. The zero-order valence-electron chi connectivity index (χ0n) is 14.5. The van der Waals surface area contributed by atoms with E-state index in [0.29, 0.717) is 20.7 Å². The van der Waals surface area contributed by atoms with Crippen molar-refractivity contribution in [3.63, 3.8) is 0 Å². The Morgan fingerprint density at radius 1 is 0.857 bits per heavy atom. The number of carbonyl (C=O) groups excluding carboxylic acids is 2. The molecular weight excluding hydrogens is 375 g/mol. The molecule has 0 fully saturated rings. The van der Waals surface area contributed by atoms with Gasteiger partial charge in [-0.2, -0.15) is 0 Å². The van der Waals surface area contributed by atoms with Gasteiger partial charge in [-0.15, -0.1) is 0 Å². The number of methoxy groups -OCH3 is 2. The first-order valence-electron chi connectivity index (χ1n) is 8.01. The molecule has 0 N–H and O–H groups in total. The van der Waals surface area contributed by atoms with Crippen LogP contribution >= 0.6 is 0 Å². The van der Waals surface area contributed by atoms with Crippen molar-refractivity contribution >= 4 is 30.3 Å². The molecule has 0 aromatic carbocycles. The maximum atomic E-state index is 11.7. The monoisotopic (exact) mass is 408 g/mol. The van der Waals surface area contributed by atoms with Gasteiger partial charge >= 0.3 is 134 Å². The molecule has 0 bridgehead atoms. The van der Waals surface area contributed by atoms with Gasteiger partial charge in [-0.3, -0.25) is 0 Å². The Hall–Kier alpha value is -0.261. The molecule has 0 aromatic heterocycles. The molecular formula is C16H32O4Sn. The normalized spacial score (nSPS) is 14.4. The van der Waals surface area contributed by atoms with Gasteiger partial charge in [0.2, 0.25) is 0 Å². The van der Waals surface area contributed by atoms with Crippen LogP contribution in [0.2, 0.25) is 16.7 Å². The Labute approximate surface area is 133 Å². The molecule has 0 aliphatic rings. The van der Waals surface area contributed by atoms with Gasteiger partial charge in [0, 0.05) is 0 Å². The molecule has 0 amide bonds. The van der Waals surface area contributed by atoms with Crippen LogP contribution in [-0.2, 0) is 19.1 Å². The number of hydrogen-bond donors (Lipinski definition) is 0. The van der Waals surface area contributed by atoms with Crippen LogP contribution < -0.4 is 0 Å². The fraction of sp³-hybridized carbons (Fsp3) is 0.875. The summed E-state index contributed by atoms with van der Waals surface area (Å²) in [5, 5.41) is 0. The first-order chi connectivity index (χ1) is 9.87. The van der Waals surface area contributed by atoms with E-state index in [-0.39, 0.29) is 11.9 Å². The summed E-state index contributed by atoms with van der Waals surface area (Å²) in [5.41, 5.74) is 0. The van der Waals surface area contributed by atoms with E-state index in [1.165, 1.54) is 23.1 Å². The molecule has 0 aromatic rings. The minimum atomic E-state index is -2.65. The predicted molar refractivity (Wildman–Crippen MR) is 88.1 cm³/mol. The Morgan fingerprint density at radius 2 is 1.19 bits per heavy atom. The second-order valence-electron chi connectivity index (χ2n) is 6.10. The van der Waals surface area contributed by atoms with Crippen molar-refractivity contribution in [2.75, 3.05) is 14.2 Å². The fourth-order valence-corrected chi connectivity index (χ4v) is 21.3. The zero-order valence-corrected chi connectivity index (χ0v) is 17.4. The van der Waals surface area contributed by atoms with Crippen LogP contribution in [0.1, 0.15) is 53.4 Å². The topological polar surface area (TPSA) is 52.6 Å². The summed E-state index contributed by atoms with van der Waals surface area (Å²) in [4.78, 5) is 23.4. The van der Waals surface area contributed by atoms with Crippen LogP contribution in [0.15, 0.2) is 0 Å².